The van der Waals surface area contributed by atoms with Gasteiger partial charge in [0.15, 0.2) is 0 Å². The predicted molar refractivity (Wildman–Crippen MR) is 61.0 cm³/mol. The molecule has 0 saturated heterocycles. The summed E-state index contributed by atoms with van der Waals surface area (Å²) in [5.74, 6) is 0.393. The maximum atomic E-state index is 11.6. The number of hydrogen-bond acceptors (Lipinski definition) is 2. The van der Waals surface area contributed by atoms with E-state index in [4.69, 9.17) is 0 Å². The summed E-state index contributed by atoms with van der Waals surface area (Å²) in [5, 5.41) is 2.66. The van der Waals surface area contributed by atoms with Crippen molar-refractivity contribution in [1.29, 1.82) is 0 Å². The number of nitrogens with one attached hydrogen (secondary N) is 1. The molecule has 0 bridgehead atoms. The zero-order valence-electron chi connectivity index (χ0n) is 9.27. The summed E-state index contributed by atoms with van der Waals surface area (Å²) in [6.07, 6.45) is 0.897. The van der Waals surface area contributed by atoms with Crippen LogP contribution in [0.2, 0.25) is 0 Å². The number of rotatable bonds is 4. The number of amides is 1. The molecule has 1 aliphatic rings. The van der Waals surface area contributed by atoms with Crippen LogP contribution in [0.5, 0.6) is 0 Å². The van der Waals surface area contributed by atoms with Crippen molar-refractivity contribution in [2.75, 3.05) is 6.54 Å². The lowest BCUT2D eigenvalue weighted by Gasteiger charge is -2.02. The molecule has 3 nitrogen and oxygen atoms in total. The Morgan fingerprint density at radius 2 is 2.00 bits per heavy atom. The van der Waals surface area contributed by atoms with Crippen LogP contribution in [0, 0.1) is 5.92 Å². The fourth-order valence-electron chi connectivity index (χ4n) is 1.90. The van der Waals surface area contributed by atoms with Crippen LogP contribution in [0.4, 0.5) is 0 Å². The van der Waals surface area contributed by atoms with Crippen LogP contribution in [-0.4, -0.2) is 18.2 Å². The minimum Gasteiger partial charge on any atom is -0.349 e. The first-order valence-corrected chi connectivity index (χ1v) is 5.50. The highest BCUT2D eigenvalue weighted by atomic mass is 16.2. The van der Waals surface area contributed by atoms with Gasteiger partial charge in [0, 0.05) is 5.92 Å². The molecule has 84 valence electrons. The maximum absolute atomic E-state index is 11.6. The van der Waals surface area contributed by atoms with Crippen molar-refractivity contribution in [3.8, 4) is 0 Å². The molecule has 1 aromatic carbocycles. The molecule has 1 aliphatic carbocycles. The average Bonchev–Trinajstić information content (AvgIpc) is 3.07. The topological polar surface area (TPSA) is 46.2 Å². The van der Waals surface area contributed by atoms with Gasteiger partial charge in [0.05, 0.1) is 6.54 Å². The number of benzene rings is 1. The van der Waals surface area contributed by atoms with E-state index in [-0.39, 0.29) is 24.2 Å². The third-order valence-corrected chi connectivity index (χ3v) is 2.87. The number of carbonyl (C=O) groups is 2. The van der Waals surface area contributed by atoms with Crippen molar-refractivity contribution in [3.63, 3.8) is 0 Å². The molecule has 1 N–H and O–H groups in total. The summed E-state index contributed by atoms with van der Waals surface area (Å²) >= 11 is 0. The first-order chi connectivity index (χ1) is 7.68. The van der Waals surface area contributed by atoms with Gasteiger partial charge >= 0.3 is 0 Å². The standard InChI is InChI=1S/C13H15NO2/c1-9(15)8-14-13(16)12-7-11(12)10-5-3-2-4-6-10/h2-6,11-12H,7-8H2,1H3,(H,14,16). The lowest BCUT2D eigenvalue weighted by Crippen LogP contribution is -2.29. The number of hydrogen-bond donors (Lipinski definition) is 1. The predicted octanol–water partition coefficient (Wildman–Crippen LogP) is 1.50. The van der Waals surface area contributed by atoms with Gasteiger partial charge in [0.2, 0.25) is 5.91 Å². The normalized spacial score (nSPS) is 22.6. The van der Waals surface area contributed by atoms with Crippen molar-refractivity contribution in [1.82, 2.24) is 5.32 Å². The molecule has 1 aromatic rings. The Balaban J connectivity index is 1.87. The Morgan fingerprint density at radius 1 is 1.31 bits per heavy atom. The first kappa shape index (κ1) is 10.9. The zero-order chi connectivity index (χ0) is 11.5. The van der Waals surface area contributed by atoms with Gasteiger partial charge in [-0.05, 0) is 24.8 Å². The number of Topliss-reactive ketones (excluding diaryl/α,β-unsaturated/α-hetero) is 1. The van der Waals surface area contributed by atoms with Crippen LogP contribution < -0.4 is 5.32 Å². The second-order valence-corrected chi connectivity index (χ2v) is 4.28. The Morgan fingerprint density at radius 3 is 2.62 bits per heavy atom. The van der Waals surface area contributed by atoms with E-state index in [1.807, 2.05) is 30.3 Å². The van der Waals surface area contributed by atoms with Crippen molar-refractivity contribution < 1.29 is 9.59 Å². The molecule has 16 heavy (non-hydrogen) atoms. The van der Waals surface area contributed by atoms with E-state index in [9.17, 15) is 9.59 Å². The highest BCUT2D eigenvalue weighted by molar-refractivity contribution is 5.87. The highest BCUT2D eigenvalue weighted by Gasteiger charge is 2.43. The molecule has 1 amide bonds. The van der Waals surface area contributed by atoms with Gasteiger partial charge in [0.25, 0.3) is 0 Å². The largest absolute Gasteiger partial charge is 0.349 e. The molecule has 2 atom stereocenters. The van der Waals surface area contributed by atoms with Gasteiger partial charge in [0.1, 0.15) is 5.78 Å². The van der Waals surface area contributed by atoms with Crippen LogP contribution in [0.3, 0.4) is 0 Å². The van der Waals surface area contributed by atoms with Crippen molar-refractivity contribution in [2.24, 2.45) is 5.92 Å². The molecule has 1 saturated carbocycles. The quantitative estimate of drug-likeness (QED) is 0.830. The van der Waals surface area contributed by atoms with Gasteiger partial charge in [-0.2, -0.15) is 0 Å². The Hall–Kier alpha value is -1.64. The van der Waals surface area contributed by atoms with Crippen molar-refractivity contribution >= 4 is 11.7 Å². The van der Waals surface area contributed by atoms with E-state index in [1.165, 1.54) is 12.5 Å². The van der Waals surface area contributed by atoms with Gasteiger partial charge < -0.3 is 5.32 Å². The number of ketones is 1. The fraction of sp³-hybridized carbons (Fsp3) is 0.385. The van der Waals surface area contributed by atoms with Crippen LogP contribution in [-0.2, 0) is 9.59 Å². The molecule has 0 heterocycles. The Labute approximate surface area is 94.9 Å². The first-order valence-electron chi connectivity index (χ1n) is 5.50. The summed E-state index contributed by atoms with van der Waals surface area (Å²) in [6.45, 7) is 1.62. The van der Waals surface area contributed by atoms with Crippen LogP contribution >= 0.6 is 0 Å². The smallest absolute Gasteiger partial charge is 0.224 e. The monoisotopic (exact) mass is 217 g/mol. The molecule has 3 heteroatoms. The second kappa shape index (κ2) is 4.47. The molecule has 0 spiro atoms. The minimum absolute atomic E-state index is 0.00375. The summed E-state index contributed by atoms with van der Waals surface area (Å²) < 4.78 is 0. The SMILES string of the molecule is CC(=O)CNC(=O)C1CC1c1ccccc1. The lowest BCUT2D eigenvalue weighted by atomic mass is 10.1. The van der Waals surface area contributed by atoms with Crippen LogP contribution in [0.25, 0.3) is 0 Å². The van der Waals surface area contributed by atoms with E-state index in [0.29, 0.717) is 5.92 Å². The lowest BCUT2D eigenvalue weighted by molar-refractivity contribution is -0.125. The molecule has 1 fully saturated rings. The second-order valence-electron chi connectivity index (χ2n) is 4.28. The molecular weight excluding hydrogens is 202 g/mol. The Bertz CT molecular complexity index is 400. The van der Waals surface area contributed by atoms with E-state index in [0.717, 1.165) is 6.42 Å². The number of carbonyl (C=O) groups excluding carboxylic acids is 2. The highest BCUT2D eigenvalue weighted by Crippen LogP contribution is 2.47. The van der Waals surface area contributed by atoms with Crippen LogP contribution in [0.1, 0.15) is 24.8 Å². The summed E-state index contributed by atoms with van der Waals surface area (Å²) in [6, 6.07) is 10.0. The third-order valence-electron chi connectivity index (χ3n) is 2.87. The minimum atomic E-state index is -0.00902. The third kappa shape index (κ3) is 2.48. The molecule has 0 aliphatic heterocycles. The van der Waals surface area contributed by atoms with Crippen molar-refractivity contribution in [3.05, 3.63) is 35.9 Å². The molecular formula is C13H15NO2. The van der Waals surface area contributed by atoms with Gasteiger partial charge in [-0.15, -0.1) is 0 Å². The molecule has 2 rings (SSSR count). The summed E-state index contributed by atoms with van der Waals surface area (Å²) in [5.41, 5.74) is 1.21. The molecule has 2 unspecified atom stereocenters. The van der Waals surface area contributed by atoms with Crippen molar-refractivity contribution in [2.45, 2.75) is 19.3 Å². The maximum Gasteiger partial charge on any atom is 0.224 e. The molecule has 0 radical (unpaired) electrons. The van der Waals surface area contributed by atoms with E-state index >= 15 is 0 Å². The van der Waals surface area contributed by atoms with Gasteiger partial charge in [-0.25, -0.2) is 0 Å². The average molecular weight is 217 g/mol. The fourth-order valence-corrected chi connectivity index (χ4v) is 1.90. The van der Waals surface area contributed by atoms with E-state index in [2.05, 4.69) is 5.32 Å². The van der Waals surface area contributed by atoms with E-state index in [1.54, 1.807) is 0 Å². The van der Waals surface area contributed by atoms with E-state index < -0.39 is 0 Å². The molecule has 0 aromatic heterocycles. The summed E-state index contributed by atoms with van der Waals surface area (Å²) in [4.78, 5) is 22.4. The summed E-state index contributed by atoms with van der Waals surface area (Å²) in [7, 11) is 0. The Kier molecular flexibility index (Phi) is 3.04. The van der Waals surface area contributed by atoms with Crippen LogP contribution in [0.15, 0.2) is 30.3 Å². The zero-order valence-corrected chi connectivity index (χ0v) is 9.27. The van der Waals surface area contributed by atoms with Gasteiger partial charge in [-0.3, -0.25) is 9.59 Å². The van der Waals surface area contributed by atoms with Gasteiger partial charge in [-0.1, -0.05) is 30.3 Å².